The lowest BCUT2D eigenvalue weighted by atomic mass is 10.1. The molecule has 0 spiro atoms. The predicted octanol–water partition coefficient (Wildman–Crippen LogP) is 4.00. The highest BCUT2D eigenvalue weighted by Crippen LogP contribution is 2.19. The third-order valence-electron chi connectivity index (χ3n) is 2.97. The van der Waals surface area contributed by atoms with Crippen molar-refractivity contribution in [1.82, 2.24) is 5.32 Å². The average molecular weight is 301 g/mol. The number of alkyl halides is 2. The Bertz CT molecular complexity index is 382. The summed E-state index contributed by atoms with van der Waals surface area (Å²) in [5, 5.41) is 3.38. The zero-order valence-electron chi connectivity index (χ0n) is 12.9. The van der Waals surface area contributed by atoms with Gasteiger partial charge in [0.1, 0.15) is 5.75 Å². The highest BCUT2D eigenvalue weighted by atomic mass is 19.3. The monoisotopic (exact) mass is 301 g/mol. The van der Waals surface area contributed by atoms with Gasteiger partial charge in [-0.2, -0.15) is 8.78 Å². The van der Waals surface area contributed by atoms with Crippen LogP contribution in [0.4, 0.5) is 8.78 Å². The third kappa shape index (κ3) is 7.97. The summed E-state index contributed by atoms with van der Waals surface area (Å²) in [7, 11) is 0. The molecule has 1 aromatic carbocycles. The normalized spacial score (nSPS) is 12.9. The van der Waals surface area contributed by atoms with Crippen molar-refractivity contribution in [3.63, 3.8) is 0 Å². The second-order valence-electron chi connectivity index (χ2n) is 5.45. The van der Waals surface area contributed by atoms with E-state index in [1.165, 1.54) is 0 Å². The van der Waals surface area contributed by atoms with Crippen molar-refractivity contribution in [2.45, 2.75) is 39.8 Å². The first-order valence-corrected chi connectivity index (χ1v) is 7.35. The summed E-state index contributed by atoms with van der Waals surface area (Å²) in [4.78, 5) is 0. The maximum atomic E-state index is 12.1. The molecule has 0 fully saturated rings. The van der Waals surface area contributed by atoms with Crippen molar-refractivity contribution < 1.29 is 18.3 Å². The molecule has 120 valence electrons. The Kier molecular flexibility index (Phi) is 8.23. The van der Waals surface area contributed by atoms with Crippen LogP contribution in [0.5, 0.6) is 5.75 Å². The molecule has 1 unspecified atom stereocenters. The van der Waals surface area contributed by atoms with Crippen molar-refractivity contribution >= 4 is 0 Å². The molecule has 3 nitrogen and oxygen atoms in total. The van der Waals surface area contributed by atoms with Gasteiger partial charge in [-0.3, -0.25) is 0 Å². The van der Waals surface area contributed by atoms with Gasteiger partial charge in [0.25, 0.3) is 0 Å². The van der Waals surface area contributed by atoms with Crippen LogP contribution < -0.4 is 10.1 Å². The van der Waals surface area contributed by atoms with Crippen LogP contribution in [0, 0.1) is 5.92 Å². The molecule has 0 bridgehead atoms. The van der Waals surface area contributed by atoms with E-state index >= 15 is 0 Å². The fourth-order valence-electron chi connectivity index (χ4n) is 1.87. The summed E-state index contributed by atoms with van der Waals surface area (Å²) in [6.45, 7) is 5.91. The molecular formula is C16H25F2NO2. The fourth-order valence-corrected chi connectivity index (χ4v) is 1.87. The summed E-state index contributed by atoms with van der Waals surface area (Å²) in [5.41, 5.74) is 1.04. The van der Waals surface area contributed by atoms with E-state index in [-0.39, 0.29) is 11.8 Å². The van der Waals surface area contributed by atoms with Crippen molar-refractivity contribution in [2.24, 2.45) is 5.92 Å². The van der Waals surface area contributed by atoms with Gasteiger partial charge in [-0.25, -0.2) is 0 Å². The number of hydrogen-bond acceptors (Lipinski definition) is 3. The molecule has 0 amide bonds. The standard InChI is InChI=1S/C16H25F2NO2/c1-12(2)11-20-10-4-9-19-13(3)14-5-7-15(8-6-14)21-16(17)18/h5-8,12-13,16,19H,4,9-11H2,1-3H3. The van der Waals surface area contributed by atoms with Crippen molar-refractivity contribution in [3.8, 4) is 5.75 Å². The van der Waals surface area contributed by atoms with Gasteiger partial charge in [-0.1, -0.05) is 26.0 Å². The Hall–Kier alpha value is -1.20. The number of halogens is 2. The molecule has 21 heavy (non-hydrogen) atoms. The van der Waals surface area contributed by atoms with Crippen LogP contribution in [0.3, 0.4) is 0 Å². The number of benzene rings is 1. The molecule has 0 aliphatic heterocycles. The minimum atomic E-state index is -2.78. The van der Waals surface area contributed by atoms with Crippen LogP contribution in [-0.2, 0) is 4.74 Å². The number of rotatable bonds is 10. The lowest BCUT2D eigenvalue weighted by molar-refractivity contribution is -0.0498. The van der Waals surface area contributed by atoms with Crippen LogP contribution in [0.25, 0.3) is 0 Å². The SMILES string of the molecule is CC(C)COCCCNC(C)c1ccc(OC(F)F)cc1. The minimum Gasteiger partial charge on any atom is -0.435 e. The van der Waals surface area contributed by atoms with E-state index in [2.05, 4.69) is 23.9 Å². The molecule has 1 N–H and O–H groups in total. The first kappa shape index (κ1) is 17.9. The summed E-state index contributed by atoms with van der Waals surface area (Å²) in [5.74, 6) is 0.744. The molecule has 0 heterocycles. The van der Waals surface area contributed by atoms with E-state index in [1.807, 2.05) is 6.92 Å². The molecule has 1 rings (SSSR count). The molecule has 0 aromatic heterocycles. The highest BCUT2D eigenvalue weighted by Gasteiger charge is 2.07. The van der Waals surface area contributed by atoms with Crippen molar-refractivity contribution in [2.75, 3.05) is 19.8 Å². The number of ether oxygens (including phenoxy) is 2. The molecule has 1 atom stereocenters. The van der Waals surface area contributed by atoms with Gasteiger partial charge in [0, 0.05) is 19.3 Å². The number of nitrogens with one attached hydrogen (secondary N) is 1. The zero-order chi connectivity index (χ0) is 15.7. The van der Waals surface area contributed by atoms with Crippen LogP contribution >= 0.6 is 0 Å². The smallest absolute Gasteiger partial charge is 0.387 e. The lowest BCUT2D eigenvalue weighted by Gasteiger charge is -2.15. The molecule has 0 radical (unpaired) electrons. The molecule has 0 saturated carbocycles. The van der Waals surface area contributed by atoms with E-state index in [0.717, 1.165) is 31.7 Å². The first-order chi connectivity index (χ1) is 9.99. The van der Waals surface area contributed by atoms with Crippen LogP contribution in [-0.4, -0.2) is 26.4 Å². The summed E-state index contributed by atoms with van der Waals surface area (Å²) in [6.07, 6.45) is 0.948. The van der Waals surface area contributed by atoms with Gasteiger partial charge >= 0.3 is 6.61 Å². The number of hydrogen-bond donors (Lipinski definition) is 1. The largest absolute Gasteiger partial charge is 0.435 e. The first-order valence-electron chi connectivity index (χ1n) is 7.35. The van der Waals surface area contributed by atoms with Gasteiger partial charge in [0.2, 0.25) is 0 Å². The van der Waals surface area contributed by atoms with Gasteiger partial charge in [0.05, 0.1) is 0 Å². The third-order valence-corrected chi connectivity index (χ3v) is 2.97. The molecular weight excluding hydrogens is 276 g/mol. The Balaban J connectivity index is 2.24. The quantitative estimate of drug-likeness (QED) is 0.663. The molecule has 0 aliphatic rings. The van der Waals surface area contributed by atoms with Gasteiger partial charge in [-0.15, -0.1) is 0 Å². The van der Waals surface area contributed by atoms with Crippen LogP contribution in [0.2, 0.25) is 0 Å². The Morgan fingerprint density at radius 2 is 1.76 bits per heavy atom. The van der Waals surface area contributed by atoms with Crippen LogP contribution in [0.1, 0.15) is 38.8 Å². The second kappa shape index (κ2) is 9.68. The van der Waals surface area contributed by atoms with Crippen molar-refractivity contribution in [3.05, 3.63) is 29.8 Å². The highest BCUT2D eigenvalue weighted by molar-refractivity contribution is 5.28. The minimum absolute atomic E-state index is 0.163. The second-order valence-corrected chi connectivity index (χ2v) is 5.45. The average Bonchev–Trinajstić information content (AvgIpc) is 2.42. The van der Waals surface area contributed by atoms with E-state index in [1.54, 1.807) is 24.3 Å². The molecule has 0 aliphatic carbocycles. The van der Waals surface area contributed by atoms with E-state index < -0.39 is 6.61 Å². The maximum absolute atomic E-state index is 12.1. The Labute approximate surface area is 125 Å². The van der Waals surface area contributed by atoms with E-state index in [9.17, 15) is 8.78 Å². The molecule has 5 heteroatoms. The Morgan fingerprint density at radius 1 is 1.10 bits per heavy atom. The zero-order valence-corrected chi connectivity index (χ0v) is 12.9. The summed E-state index contributed by atoms with van der Waals surface area (Å²) < 4.78 is 33.9. The maximum Gasteiger partial charge on any atom is 0.387 e. The predicted molar refractivity (Wildman–Crippen MR) is 79.8 cm³/mol. The topological polar surface area (TPSA) is 30.5 Å². The van der Waals surface area contributed by atoms with Crippen LogP contribution in [0.15, 0.2) is 24.3 Å². The summed E-state index contributed by atoms with van der Waals surface area (Å²) >= 11 is 0. The van der Waals surface area contributed by atoms with Gasteiger partial charge in [0.15, 0.2) is 0 Å². The Morgan fingerprint density at radius 3 is 2.33 bits per heavy atom. The lowest BCUT2D eigenvalue weighted by Crippen LogP contribution is -2.21. The fraction of sp³-hybridized carbons (Fsp3) is 0.625. The molecule has 1 aromatic rings. The van der Waals surface area contributed by atoms with E-state index in [4.69, 9.17) is 4.74 Å². The van der Waals surface area contributed by atoms with Crippen molar-refractivity contribution in [1.29, 1.82) is 0 Å². The van der Waals surface area contributed by atoms with Gasteiger partial charge < -0.3 is 14.8 Å². The summed E-state index contributed by atoms with van der Waals surface area (Å²) in [6, 6.07) is 6.88. The molecule has 0 saturated heterocycles. The van der Waals surface area contributed by atoms with E-state index in [0.29, 0.717) is 5.92 Å². The van der Waals surface area contributed by atoms with Gasteiger partial charge in [-0.05, 0) is 43.5 Å².